The van der Waals surface area contributed by atoms with Crippen LogP contribution in [0.2, 0.25) is 0 Å². The van der Waals surface area contributed by atoms with E-state index in [-0.39, 0.29) is 11.5 Å². The third kappa shape index (κ3) is 3.51. The second-order valence-corrected chi connectivity index (χ2v) is 7.42. The average Bonchev–Trinajstić information content (AvgIpc) is 2.93. The molecule has 0 aliphatic carbocycles. The van der Waals surface area contributed by atoms with Crippen molar-refractivity contribution in [3.8, 4) is 0 Å². The molecule has 4 nitrogen and oxygen atoms in total. The van der Waals surface area contributed by atoms with E-state index in [0.717, 1.165) is 10.4 Å². The lowest BCUT2D eigenvalue weighted by molar-refractivity contribution is -0.119. The van der Waals surface area contributed by atoms with E-state index in [0.29, 0.717) is 17.7 Å². The molecule has 0 spiro atoms. The predicted molar refractivity (Wildman–Crippen MR) is 105 cm³/mol. The van der Waals surface area contributed by atoms with Crippen LogP contribution in [0, 0.1) is 0 Å². The highest BCUT2D eigenvalue weighted by Gasteiger charge is 2.22. The first-order valence-corrected chi connectivity index (χ1v) is 9.30. The number of nitrogens with zero attached hydrogens (tertiary/aromatic N) is 1. The van der Waals surface area contributed by atoms with E-state index >= 15 is 0 Å². The molecule has 1 N–H and O–H groups in total. The number of fused-ring (bicyclic) bond motifs is 1. The van der Waals surface area contributed by atoms with Crippen LogP contribution in [0.1, 0.15) is 44.7 Å². The molecule has 1 heterocycles. The number of amides is 1. The topological polar surface area (TPSA) is 51.1 Å². The van der Waals surface area contributed by atoms with Gasteiger partial charge in [-0.05, 0) is 42.2 Å². The highest BCUT2D eigenvalue weighted by molar-refractivity contribution is 7.14. The zero-order valence-electron chi connectivity index (χ0n) is 14.7. The van der Waals surface area contributed by atoms with E-state index in [9.17, 15) is 9.59 Å². The molecule has 1 unspecified atom stereocenters. The third-order valence-corrected chi connectivity index (χ3v) is 5.50. The van der Waals surface area contributed by atoms with Crippen molar-refractivity contribution in [2.75, 3.05) is 5.32 Å². The first-order chi connectivity index (χ1) is 12.0. The highest BCUT2D eigenvalue weighted by Crippen LogP contribution is 2.23. The van der Waals surface area contributed by atoms with E-state index in [1.54, 1.807) is 10.0 Å². The molecule has 25 heavy (non-hydrogen) atoms. The maximum absolute atomic E-state index is 12.7. The quantitative estimate of drug-likeness (QED) is 0.717. The lowest BCUT2D eigenvalue weighted by Crippen LogP contribution is -2.29. The van der Waals surface area contributed by atoms with Gasteiger partial charge in [0.15, 0.2) is 0 Å². The van der Waals surface area contributed by atoms with Crippen molar-refractivity contribution in [3.05, 3.63) is 64.4 Å². The lowest BCUT2D eigenvalue weighted by atomic mass is 10.0. The molecular formula is C20H22N2O2S. The largest absolute Gasteiger partial charge is 0.324 e. The molecule has 1 atom stereocenters. The Labute approximate surface area is 151 Å². The van der Waals surface area contributed by atoms with Gasteiger partial charge in [-0.1, -0.05) is 56.6 Å². The van der Waals surface area contributed by atoms with Crippen molar-refractivity contribution >= 4 is 33.2 Å². The maximum atomic E-state index is 12.7. The molecule has 0 fully saturated rings. The fraction of sp³-hybridized carbons (Fsp3) is 0.300. The fourth-order valence-corrected chi connectivity index (χ4v) is 3.99. The Morgan fingerprint density at radius 2 is 1.80 bits per heavy atom. The summed E-state index contributed by atoms with van der Waals surface area (Å²) < 4.78 is 2.49. The van der Waals surface area contributed by atoms with Gasteiger partial charge in [-0.15, -0.1) is 0 Å². The number of hydrogen-bond donors (Lipinski definition) is 1. The summed E-state index contributed by atoms with van der Waals surface area (Å²) in [6.45, 7) is 6.19. The van der Waals surface area contributed by atoms with Gasteiger partial charge >= 0.3 is 0 Å². The Hall–Kier alpha value is -2.40. The summed E-state index contributed by atoms with van der Waals surface area (Å²) in [5.74, 6) is 0.290. The van der Waals surface area contributed by atoms with Crippen molar-refractivity contribution < 1.29 is 4.79 Å². The number of benzene rings is 2. The molecule has 0 saturated carbocycles. The van der Waals surface area contributed by atoms with Crippen LogP contribution in [0.25, 0.3) is 10.1 Å². The van der Waals surface area contributed by atoms with Gasteiger partial charge in [0, 0.05) is 5.69 Å². The molecule has 3 rings (SSSR count). The summed E-state index contributed by atoms with van der Waals surface area (Å²) in [5.41, 5.74) is 1.88. The number of carbonyl (C=O) groups excluding carboxylic acids is 1. The average molecular weight is 354 g/mol. The van der Waals surface area contributed by atoms with Gasteiger partial charge in [0.25, 0.3) is 5.56 Å². The monoisotopic (exact) mass is 354 g/mol. The number of anilines is 1. The van der Waals surface area contributed by atoms with Gasteiger partial charge in [-0.2, -0.15) is 0 Å². The standard InChI is InChI=1S/C20H22N2O2S/c1-4-17(22-20(24)16-7-5-6-8-18(16)25-22)19(23)21-15-11-9-14(10-12-15)13(2)3/h5-13,17H,4H2,1-3H3,(H,21,23). The number of hydrogen-bond acceptors (Lipinski definition) is 3. The van der Waals surface area contributed by atoms with Crippen molar-refractivity contribution in [1.82, 2.24) is 3.96 Å². The number of carbonyl (C=O) groups is 1. The minimum atomic E-state index is -0.505. The molecule has 1 aromatic heterocycles. The van der Waals surface area contributed by atoms with Crippen LogP contribution in [0.4, 0.5) is 5.69 Å². The number of nitrogens with one attached hydrogen (secondary N) is 1. The van der Waals surface area contributed by atoms with Gasteiger partial charge in [0.1, 0.15) is 6.04 Å². The SMILES string of the molecule is CCC(C(=O)Nc1ccc(C(C)C)cc1)n1sc2ccccc2c1=O. The Kier molecular flexibility index (Phi) is 5.04. The molecule has 0 radical (unpaired) electrons. The molecule has 0 bridgehead atoms. The summed E-state index contributed by atoms with van der Waals surface area (Å²) >= 11 is 1.35. The van der Waals surface area contributed by atoms with E-state index in [1.165, 1.54) is 17.1 Å². The molecule has 0 saturated heterocycles. The van der Waals surface area contributed by atoms with Crippen LogP contribution in [-0.4, -0.2) is 9.86 Å². The molecular weight excluding hydrogens is 332 g/mol. The summed E-state index contributed by atoms with van der Waals surface area (Å²) in [6, 6.07) is 14.8. The number of aromatic nitrogens is 1. The minimum absolute atomic E-state index is 0.0993. The fourth-order valence-electron chi connectivity index (χ4n) is 2.83. The van der Waals surface area contributed by atoms with Gasteiger partial charge in [0.2, 0.25) is 5.91 Å². The Balaban J connectivity index is 1.85. The van der Waals surface area contributed by atoms with Gasteiger partial charge < -0.3 is 5.32 Å². The van der Waals surface area contributed by atoms with Crippen molar-refractivity contribution in [3.63, 3.8) is 0 Å². The third-order valence-electron chi connectivity index (χ3n) is 4.33. The van der Waals surface area contributed by atoms with Crippen molar-refractivity contribution in [1.29, 1.82) is 0 Å². The minimum Gasteiger partial charge on any atom is -0.324 e. The van der Waals surface area contributed by atoms with Gasteiger partial charge in [-0.3, -0.25) is 13.5 Å². The predicted octanol–water partition coefficient (Wildman–Crippen LogP) is 4.78. The highest BCUT2D eigenvalue weighted by atomic mass is 32.1. The molecule has 2 aromatic carbocycles. The van der Waals surface area contributed by atoms with Gasteiger partial charge in [0.05, 0.1) is 10.1 Å². The first-order valence-electron chi connectivity index (χ1n) is 8.52. The van der Waals surface area contributed by atoms with Crippen LogP contribution < -0.4 is 10.9 Å². The molecule has 3 aromatic rings. The molecule has 5 heteroatoms. The Morgan fingerprint density at radius 3 is 2.40 bits per heavy atom. The maximum Gasteiger partial charge on any atom is 0.269 e. The van der Waals surface area contributed by atoms with E-state index in [2.05, 4.69) is 19.2 Å². The molecule has 0 aliphatic heterocycles. The second-order valence-electron chi connectivity index (χ2n) is 6.41. The van der Waals surface area contributed by atoms with Crippen LogP contribution >= 0.6 is 11.5 Å². The van der Waals surface area contributed by atoms with E-state index in [4.69, 9.17) is 0 Å². The molecule has 1 amide bonds. The lowest BCUT2D eigenvalue weighted by Gasteiger charge is -2.15. The smallest absolute Gasteiger partial charge is 0.269 e. The van der Waals surface area contributed by atoms with Crippen LogP contribution in [0.3, 0.4) is 0 Å². The normalized spacial score (nSPS) is 12.5. The Bertz CT molecular complexity index is 938. The Morgan fingerprint density at radius 1 is 1.12 bits per heavy atom. The summed E-state index contributed by atoms with van der Waals surface area (Å²) in [7, 11) is 0. The summed E-state index contributed by atoms with van der Waals surface area (Å²) in [5, 5.41) is 3.60. The zero-order chi connectivity index (χ0) is 18.0. The van der Waals surface area contributed by atoms with E-state index < -0.39 is 6.04 Å². The summed E-state index contributed by atoms with van der Waals surface area (Å²) in [4.78, 5) is 25.3. The molecule has 130 valence electrons. The first kappa shape index (κ1) is 17.4. The van der Waals surface area contributed by atoms with Crippen LogP contribution in [0.5, 0.6) is 0 Å². The van der Waals surface area contributed by atoms with Crippen molar-refractivity contribution in [2.45, 2.75) is 39.2 Å². The second kappa shape index (κ2) is 7.23. The van der Waals surface area contributed by atoms with Crippen LogP contribution in [0.15, 0.2) is 53.3 Å². The molecule has 0 aliphatic rings. The van der Waals surface area contributed by atoms with Crippen molar-refractivity contribution in [2.24, 2.45) is 0 Å². The van der Waals surface area contributed by atoms with Gasteiger partial charge in [-0.25, -0.2) is 0 Å². The van der Waals surface area contributed by atoms with E-state index in [1.807, 2.05) is 49.4 Å². The number of rotatable bonds is 5. The zero-order valence-corrected chi connectivity index (χ0v) is 15.5. The summed E-state index contributed by atoms with van der Waals surface area (Å²) in [6.07, 6.45) is 0.558. The van der Waals surface area contributed by atoms with Crippen LogP contribution in [-0.2, 0) is 4.79 Å².